The van der Waals surface area contributed by atoms with Crippen LogP contribution in [0.5, 0.6) is 0 Å². The zero-order chi connectivity index (χ0) is 13.1. The van der Waals surface area contributed by atoms with Crippen LogP contribution in [0.4, 0.5) is 8.78 Å². The molecule has 2 rings (SSSR count). The summed E-state index contributed by atoms with van der Waals surface area (Å²) in [5.74, 6) is -2.43. The van der Waals surface area contributed by atoms with Crippen LogP contribution in [-0.2, 0) is 6.54 Å². The van der Waals surface area contributed by atoms with Crippen LogP contribution in [0.15, 0.2) is 36.5 Å². The Kier molecular flexibility index (Phi) is 3.43. The van der Waals surface area contributed by atoms with Gasteiger partial charge in [0, 0.05) is 23.9 Å². The number of rotatable bonds is 3. The van der Waals surface area contributed by atoms with Gasteiger partial charge in [0.05, 0.1) is 5.69 Å². The maximum atomic E-state index is 13.0. The maximum absolute atomic E-state index is 13.0. The number of benzene rings is 1. The molecule has 0 saturated carbocycles. The van der Waals surface area contributed by atoms with E-state index in [0.29, 0.717) is 11.3 Å². The number of pyridine rings is 1. The van der Waals surface area contributed by atoms with Gasteiger partial charge in [-0.25, -0.2) is 8.78 Å². The molecule has 1 aromatic heterocycles. The summed E-state index contributed by atoms with van der Waals surface area (Å²) in [4.78, 5) is 16.0. The fourth-order valence-electron chi connectivity index (χ4n) is 1.54. The summed E-state index contributed by atoms with van der Waals surface area (Å²) in [6, 6.07) is 6.07. The molecular weight excluding hydrogens is 238 g/mol. The van der Waals surface area contributed by atoms with Gasteiger partial charge in [-0.15, -0.1) is 0 Å². The van der Waals surface area contributed by atoms with Crippen molar-refractivity contribution in [3.8, 4) is 0 Å². The molecule has 92 valence electrons. The van der Waals surface area contributed by atoms with Gasteiger partial charge in [0.25, 0.3) is 0 Å². The van der Waals surface area contributed by atoms with Crippen LogP contribution in [0.2, 0.25) is 0 Å². The van der Waals surface area contributed by atoms with E-state index in [9.17, 15) is 13.6 Å². The van der Waals surface area contributed by atoms with Crippen LogP contribution in [-0.4, -0.2) is 10.8 Å². The van der Waals surface area contributed by atoms with E-state index >= 15 is 0 Å². The molecule has 0 unspecified atom stereocenters. The molecule has 0 amide bonds. The van der Waals surface area contributed by atoms with Crippen LogP contribution >= 0.6 is 0 Å². The van der Waals surface area contributed by atoms with Gasteiger partial charge in [-0.3, -0.25) is 9.78 Å². The van der Waals surface area contributed by atoms with Crippen molar-refractivity contribution >= 4 is 5.78 Å². The molecule has 1 aromatic carbocycles. The lowest BCUT2D eigenvalue weighted by Crippen LogP contribution is -2.06. The number of nitrogens with zero attached hydrogens (tertiary/aromatic N) is 1. The van der Waals surface area contributed by atoms with Gasteiger partial charge >= 0.3 is 0 Å². The fourth-order valence-corrected chi connectivity index (χ4v) is 1.54. The number of carbonyl (C=O) groups is 1. The van der Waals surface area contributed by atoms with Crippen LogP contribution in [0.1, 0.15) is 21.6 Å². The molecule has 5 heteroatoms. The first-order valence-electron chi connectivity index (χ1n) is 5.26. The van der Waals surface area contributed by atoms with E-state index in [1.807, 2.05) is 0 Å². The molecule has 2 aromatic rings. The minimum atomic E-state index is -1.05. The smallest absolute Gasteiger partial charge is 0.193 e. The number of halogens is 2. The quantitative estimate of drug-likeness (QED) is 0.846. The molecule has 18 heavy (non-hydrogen) atoms. The van der Waals surface area contributed by atoms with Crippen molar-refractivity contribution in [3.63, 3.8) is 0 Å². The second-order valence-electron chi connectivity index (χ2n) is 3.70. The van der Waals surface area contributed by atoms with Gasteiger partial charge in [-0.05, 0) is 30.3 Å². The summed E-state index contributed by atoms with van der Waals surface area (Å²) in [6.07, 6.45) is 1.45. The topological polar surface area (TPSA) is 56.0 Å². The summed E-state index contributed by atoms with van der Waals surface area (Å²) in [6.45, 7) is 0.207. The van der Waals surface area contributed by atoms with Crippen LogP contribution < -0.4 is 5.73 Å². The second kappa shape index (κ2) is 5.01. The SMILES string of the molecule is NCc1cc(C(=O)c2ccc(F)c(F)c2)ccn1. The van der Waals surface area contributed by atoms with Crippen molar-refractivity contribution in [2.75, 3.05) is 0 Å². The van der Waals surface area contributed by atoms with E-state index in [1.165, 1.54) is 24.4 Å². The Morgan fingerprint density at radius 3 is 2.50 bits per heavy atom. The largest absolute Gasteiger partial charge is 0.325 e. The van der Waals surface area contributed by atoms with Gasteiger partial charge in [-0.1, -0.05) is 0 Å². The second-order valence-corrected chi connectivity index (χ2v) is 3.70. The summed E-state index contributed by atoms with van der Waals surface area (Å²) in [5.41, 5.74) is 6.41. The molecule has 1 heterocycles. The van der Waals surface area contributed by atoms with Crippen molar-refractivity contribution in [3.05, 3.63) is 65.0 Å². The predicted molar refractivity (Wildman–Crippen MR) is 61.9 cm³/mol. The van der Waals surface area contributed by atoms with Crippen molar-refractivity contribution < 1.29 is 13.6 Å². The van der Waals surface area contributed by atoms with Crippen LogP contribution in [0, 0.1) is 11.6 Å². The highest BCUT2D eigenvalue weighted by Gasteiger charge is 2.12. The summed E-state index contributed by atoms with van der Waals surface area (Å²) in [5, 5.41) is 0. The number of carbonyl (C=O) groups excluding carboxylic acids is 1. The van der Waals surface area contributed by atoms with Crippen molar-refractivity contribution in [1.82, 2.24) is 4.98 Å². The van der Waals surface area contributed by atoms with Crippen LogP contribution in [0.25, 0.3) is 0 Å². The fraction of sp³-hybridized carbons (Fsp3) is 0.0769. The molecule has 0 aliphatic carbocycles. The van der Waals surface area contributed by atoms with Gasteiger partial charge in [-0.2, -0.15) is 0 Å². The third-order valence-corrected chi connectivity index (χ3v) is 2.47. The van der Waals surface area contributed by atoms with E-state index in [2.05, 4.69) is 4.98 Å². The molecule has 0 radical (unpaired) electrons. The molecule has 0 aliphatic rings. The van der Waals surface area contributed by atoms with Crippen molar-refractivity contribution in [1.29, 1.82) is 0 Å². The Hall–Kier alpha value is -2.14. The molecule has 2 N–H and O–H groups in total. The third kappa shape index (κ3) is 2.41. The zero-order valence-corrected chi connectivity index (χ0v) is 9.36. The van der Waals surface area contributed by atoms with E-state index < -0.39 is 17.4 Å². The standard InChI is InChI=1S/C13H10F2N2O/c14-11-2-1-8(6-12(11)15)13(18)9-3-4-17-10(5-9)7-16/h1-6H,7,16H2. The lowest BCUT2D eigenvalue weighted by atomic mass is 10.0. The lowest BCUT2D eigenvalue weighted by Gasteiger charge is -2.03. The number of nitrogens with two attached hydrogens (primary N) is 1. The highest BCUT2D eigenvalue weighted by Crippen LogP contribution is 2.13. The predicted octanol–water partition coefficient (Wildman–Crippen LogP) is 2.05. The normalized spacial score (nSPS) is 10.4. The Morgan fingerprint density at radius 2 is 1.83 bits per heavy atom. The zero-order valence-electron chi connectivity index (χ0n) is 9.36. The molecule has 0 saturated heterocycles. The Labute approximate surface area is 102 Å². The Morgan fingerprint density at radius 1 is 1.11 bits per heavy atom. The average molecular weight is 248 g/mol. The monoisotopic (exact) mass is 248 g/mol. The molecule has 0 fully saturated rings. The van der Waals surface area contributed by atoms with Gasteiger partial charge in [0.2, 0.25) is 0 Å². The first kappa shape index (κ1) is 12.3. The summed E-state index contributed by atoms with van der Waals surface area (Å²) in [7, 11) is 0. The Balaban J connectivity index is 2.38. The van der Waals surface area contributed by atoms with E-state index in [0.717, 1.165) is 12.1 Å². The molecule has 3 nitrogen and oxygen atoms in total. The molecule has 0 atom stereocenters. The number of ketones is 1. The van der Waals surface area contributed by atoms with Gasteiger partial charge in [0.1, 0.15) is 0 Å². The van der Waals surface area contributed by atoms with E-state index in [-0.39, 0.29) is 12.1 Å². The maximum Gasteiger partial charge on any atom is 0.193 e. The lowest BCUT2D eigenvalue weighted by molar-refractivity contribution is 0.103. The summed E-state index contributed by atoms with van der Waals surface area (Å²) < 4.78 is 25.8. The number of hydrogen-bond donors (Lipinski definition) is 1. The summed E-state index contributed by atoms with van der Waals surface area (Å²) >= 11 is 0. The number of hydrogen-bond acceptors (Lipinski definition) is 3. The van der Waals surface area contributed by atoms with Crippen molar-refractivity contribution in [2.45, 2.75) is 6.54 Å². The van der Waals surface area contributed by atoms with Gasteiger partial charge < -0.3 is 5.73 Å². The van der Waals surface area contributed by atoms with Gasteiger partial charge in [0.15, 0.2) is 17.4 Å². The Bertz CT molecular complexity index is 599. The van der Waals surface area contributed by atoms with E-state index in [4.69, 9.17) is 5.73 Å². The minimum Gasteiger partial charge on any atom is -0.325 e. The number of aromatic nitrogens is 1. The molecule has 0 aliphatic heterocycles. The molecule has 0 bridgehead atoms. The third-order valence-electron chi connectivity index (χ3n) is 2.47. The van der Waals surface area contributed by atoms with Crippen LogP contribution in [0.3, 0.4) is 0 Å². The van der Waals surface area contributed by atoms with Crippen molar-refractivity contribution in [2.24, 2.45) is 5.73 Å². The minimum absolute atomic E-state index is 0.0862. The average Bonchev–Trinajstić information content (AvgIpc) is 2.41. The molecular formula is C13H10F2N2O. The molecule has 0 spiro atoms. The first-order chi connectivity index (χ1) is 8.61. The first-order valence-corrected chi connectivity index (χ1v) is 5.26. The highest BCUT2D eigenvalue weighted by molar-refractivity contribution is 6.08. The van der Waals surface area contributed by atoms with E-state index in [1.54, 1.807) is 0 Å². The highest BCUT2D eigenvalue weighted by atomic mass is 19.2.